The molecule has 0 aliphatic heterocycles. The van der Waals surface area contributed by atoms with Crippen molar-refractivity contribution < 1.29 is 4.39 Å². The van der Waals surface area contributed by atoms with Crippen LogP contribution in [0, 0.1) is 5.82 Å². The first-order valence-electron chi connectivity index (χ1n) is 5.28. The van der Waals surface area contributed by atoms with Gasteiger partial charge in [0.25, 0.3) is 0 Å². The van der Waals surface area contributed by atoms with E-state index in [-0.39, 0.29) is 10.8 Å². The zero-order valence-corrected chi connectivity index (χ0v) is 10.2. The number of nitrogens with zero attached hydrogens (tertiary/aromatic N) is 2. The molecular weight excluding hydrogens is 241 g/mol. The molecule has 1 N–H and O–H groups in total. The normalized spacial score (nSPS) is 10.8. The third-order valence-electron chi connectivity index (χ3n) is 2.39. The second-order valence-corrected chi connectivity index (χ2v) is 4.24. The molecule has 0 saturated heterocycles. The van der Waals surface area contributed by atoms with E-state index in [9.17, 15) is 4.39 Å². The summed E-state index contributed by atoms with van der Waals surface area (Å²) < 4.78 is 14.7. The van der Waals surface area contributed by atoms with Gasteiger partial charge in [-0.05, 0) is 23.8 Å². The second-order valence-electron chi connectivity index (χ2n) is 3.83. The average molecular weight is 254 g/mol. The highest BCUT2D eigenvalue weighted by molar-refractivity contribution is 6.30. The molecule has 0 aliphatic carbocycles. The lowest BCUT2D eigenvalue weighted by atomic mass is 10.2. The van der Waals surface area contributed by atoms with Crippen molar-refractivity contribution in [2.24, 2.45) is 7.05 Å². The van der Waals surface area contributed by atoms with Crippen LogP contribution in [0.5, 0.6) is 0 Å². The van der Waals surface area contributed by atoms with E-state index in [0.717, 1.165) is 11.3 Å². The molecule has 0 unspecified atom stereocenters. The van der Waals surface area contributed by atoms with Gasteiger partial charge in [-0.25, -0.2) is 4.39 Å². The van der Waals surface area contributed by atoms with Crippen LogP contribution in [-0.4, -0.2) is 9.78 Å². The molecule has 2 rings (SSSR count). The number of nitrogens with one attached hydrogen (secondary N) is 1. The SMILES string of the molecule is Cn1ccc(CNCc2ccc(F)c(Cl)c2)n1. The fraction of sp³-hybridized carbons (Fsp3) is 0.250. The van der Waals surface area contributed by atoms with Gasteiger partial charge in [-0.15, -0.1) is 0 Å². The van der Waals surface area contributed by atoms with Crippen molar-refractivity contribution in [3.8, 4) is 0 Å². The summed E-state index contributed by atoms with van der Waals surface area (Å²) in [6.45, 7) is 1.31. The first-order chi connectivity index (χ1) is 8.15. The van der Waals surface area contributed by atoms with Gasteiger partial charge in [0.15, 0.2) is 0 Å². The third-order valence-corrected chi connectivity index (χ3v) is 2.68. The summed E-state index contributed by atoms with van der Waals surface area (Å²) in [5.74, 6) is -0.389. The first-order valence-corrected chi connectivity index (χ1v) is 5.66. The van der Waals surface area contributed by atoms with Crippen LogP contribution < -0.4 is 5.32 Å². The van der Waals surface area contributed by atoms with E-state index in [4.69, 9.17) is 11.6 Å². The Balaban J connectivity index is 1.87. The minimum Gasteiger partial charge on any atom is -0.307 e. The number of aromatic nitrogens is 2. The Labute approximate surface area is 104 Å². The predicted molar refractivity (Wildman–Crippen MR) is 65.2 cm³/mol. The molecule has 0 amide bonds. The summed E-state index contributed by atoms with van der Waals surface area (Å²) >= 11 is 5.69. The van der Waals surface area contributed by atoms with Gasteiger partial charge in [0.05, 0.1) is 10.7 Å². The van der Waals surface area contributed by atoms with E-state index in [2.05, 4.69) is 10.4 Å². The Morgan fingerprint density at radius 2 is 2.18 bits per heavy atom. The summed E-state index contributed by atoms with van der Waals surface area (Å²) in [4.78, 5) is 0. The summed E-state index contributed by atoms with van der Waals surface area (Å²) in [6, 6.07) is 6.67. The van der Waals surface area contributed by atoms with Crippen molar-refractivity contribution in [3.05, 3.63) is 52.6 Å². The fourth-order valence-electron chi connectivity index (χ4n) is 1.54. The quantitative estimate of drug-likeness (QED) is 0.907. The summed E-state index contributed by atoms with van der Waals surface area (Å²) in [7, 11) is 1.88. The molecular formula is C12H13ClFN3. The maximum Gasteiger partial charge on any atom is 0.141 e. The second kappa shape index (κ2) is 5.29. The van der Waals surface area contributed by atoms with Crippen molar-refractivity contribution in [1.82, 2.24) is 15.1 Å². The Bertz CT molecular complexity index is 510. The van der Waals surface area contributed by atoms with Crippen LogP contribution in [0.2, 0.25) is 5.02 Å². The molecule has 0 saturated carbocycles. The highest BCUT2D eigenvalue weighted by atomic mass is 35.5. The lowest BCUT2D eigenvalue weighted by molar-refractivity contribution is 0.624. The van der Waals surface area contributed by atoms with Crippen LogP contribution in [0.25, 0.3) is 0 Å². The minimum atomic E-state index is -0.389. The predicted octanol–water partition coefficient (Wildman–Crippen LogP) is 2.50. The maximum atomic E-state index is 12.9. The fourth-order valence-corrected chi connectivity index (χ4v) is 1.75. The molecule has 1 heterocycles. The van der Waals surface area contributed by atoms with E-state index in [1.807, 2.05) is 19.3 Å². The highest BCUT2D eigenvalue weighted by Crippen LogP contribution is 2.15. The molecule has 2 aromatic rings. The number of halogens is 2. The van der Waals surface area contributed by atoms with Gasteiger partial charge in [-0.3, -0.25) is 4.68 Å². The van der Waals surface area contributed by atoms with Crippen molar-refractivity contribution in [2.45, 2.75) is 13.1 Å². The van der Waals surface area contributed by atoms with Gasteiger partial charge >= 0.3 is 0 Å². The number of aryl methyl sites for hydroxylation is 1. The summed E-state index contributed by atoms with van der Waals surface area (Å²) in [5, 5.41) is 7.62. The Hall–Kier alpha value is -1.39. The Kier molecular flexibility index (Phi) is 3.76. The standard InChI is InChI=1S/C12H13ClFN3/c1-17-5-4-10(16-17)8-15-7-9-2-3-12(14)11(13)6-9/h2-6,15H,7-8H2,1H3. The largest absolute Gasteiger partial charge is 0.307 e. The van der Waals surface area contributed by atoms with Crippen LogP contribution in [0.4, 0.5) is 4.39 Å². The first kappa shape index (κ1) is 12.1. The van der Waals surface area contributed by atoms with Gasteiger partial charge in [-0.2, -0.15) is 5.10 Å². The molecule has 0 spiro atoms. The van der Waals surface area contributed by atoms with Crippen molar-refractivity contribution in [1.29, 1.82) is 0 Å². The molecule has 0 fully saturated rings. The zero-order valence-electron chi connectivity index (χ0n) is 9.45. The molecule has 1 aromatic heterocycles. The van der Waals surface area contributed by atoms with E-state index in [1.54, 1.807) is 16.8 Å². The molecule has 17 heavy (non-hydrogen) atoms. The number of hydrogen-bond acceptors (Lipinski definition) is 2. The van der Waals surface area contributed by atoms with E-state index >= 15 is 0 Å². The van der Waals surface area contributed by atoms with Crippen LogP contribution >= 0.6 is 11.6 Å². The molecule has 0 aliphatic rings. The van der Waals surface area contributed by atoms with Gasteiger partial charge in [0.2, 0.25) is 0 Å². The van der Waals surface area contributed by atoms with Crippen LogP contribution in [-0.2, 0) is 20.1 Å². The van der Waals surface area contributed by atoms with Crippen molar-refractivity contribution in [2.75, 3.05) is 0 Å². The van der Waals surface area contributed by atoms with Gasteiger partial charge < -0.3 is 5.32 Å². The maximum absolute atomic E-state index is 12.9. The summed E-state index contributed by atoms with van der Waals surface area (Å²) in [6.07, 6.45) is 1.89. The molecule has 0 atom stereocenters. The van der Waals surface area contributed by atoms with E-state index in [0.29, 0.717) is 13.1 Å². The summed E-state index contributed by atoms with van der Waals surface area (Å²) in [5.41, 5.74) is 1.92. The smallest absolute Gasteiger partial charge is 0.141 e. The third kappa shape index (κ3) is 3.28. The lowest BCUT2D eigenvalue weighted by Gasteiger charge is -2.04. The molecule has 3 nitrogen and oxygen atoms in total. The molecule has 1 aromatic carbocycles. The average Bonchev–Trinajstić information content (AvgIpc) is 2.70. The van der Waals surface area contributed by atoms with Gasteiger partial charge in [0, 0.05) is 26.3 Å². The van der Waals surface area contributed by atoms with E-state index < -0.39 is 0 Å². The van der Waals surface area contributed by atoms with Gasteiger partial charge in [-0.1, -0.05) is 17.7 Å². The monoisotopic (exact) mass is 253 g/mol. The van der Waals surface area contributed by atoms with Gasteiger partial charge in [0.1, 0.15) is 5.82 Å². The molecule has 0 radical (unpaired) electrons. The lowest BCUT2D eigenvalue weighted by Crippen LogP contribution is -2.13. The Morgan fingerprint density at radius 1 is 1.35 bits per heavy atom. The molecule has 90 valence electrons. The topological polar surface area (TPSA) is 29.9 Å². The highest BCUT2D eigenvalue weighted by Gasteiger charge is 2.01. The molecule has 5 heteroatoms. The number of benzene rings is 1. The molecule has 0 bridgehead atoms. The van der Waals surface area contributed by atoms with Crippen molar-refractivity contribution in [3.63, 3.8) is 0 Å². The Morgan fingerprint density at radius 3 is 2.82 bits per heavy atom. The zero-order chi connectivity index (χ0) is 12.3. The van der Waals surface area contributed by atoms with Crippen molar-refractivity contribution >= 4 is 11.6 Å². The van der Waals surface area contributed by atoms with Crippen LogP contribution in [0.15, 0.2) is 30.5 Å². The minimum absolute atomic E-state index is 0.155. The number of rotatable bonds is 4. The number of hydrogen-bond donors (Lipinski definition) is 1. The van der Waals surface area contributed by atoms with E-state index in [1.165, 1.54) is 6.07 Å². The van der Waals surface area contributed by atoms with Crippen LogP contribution in [0.1, 0.15) is 11.3 Å². The van der Waals surface area contributed by atoms with Crippen LogP contribution in [0.3, 0.4) is 0 Å².